The molecule has 2 rings (SSSR count). The zero-order valence-electron chi connectivity index (χ0n) is 11.8. The molecule has 0 aromatic heterocycles. The van der Waals surface area contributed by atoms with E-state index in [-0.39, 0.29) is 5.41 Å². The first-order valence-corrected chi connectivity index (χ1v) is 6.69. The van der Waals surface area contributed by atoms with Crippen molar-refractivity contribution in [1.29, 1.82) is 0 Å². The molecule has 0 saturated carbocycles. The fourth-order valence-corrected chi connectivity index (χ4v) is 1.80. The topological polar surface area (TPSA) is 24.7 Å². The van der Waals surface area contributed by atoms with Crippen LogP contribution in [0.5, 0.6) is 0 Å². The molecule has 0 saturated heterocycles. The summed E-state index contributed by atoms with van der Waals surface area (Å²) in [5.41, 5.74) is 3.27. The summed E-state index contributed by atoms with van der Waals surface area (Å²) in [6.07, 6.45) is 1.10. The van der Waals surface area contributed by atoms with E-state index in [1.165, 1.54) is 5.56 Å². The Morgan fingerprint density at radius 2 is 1.47 bits per heavy atom. The van der Waals surface area contributed by atoms with Gasteiger partial charge in [0.15, 0.2) is 0 Å². The van der Waals surface area contributed by atoms with Gasteiger partial charge in [0.25, 0.3) is 0 Å². The summed E-state index contributed by atoms with van der Waals surface area (Å²) in [7, 11) is 0. The molecule has 2 aromatic carbocycles. The first-order chi connectivity index (χ1) is 9.12. The van der Waals surface area contributed by atoms with Crippen LogP contribution in [-0.4, -0.2) is 0 Å². The third kappa shape index (κ3) is 3.50. The summed E-state index contributed by atoms with van der Waals surface area (Å²) in [4.78, 5) is 0. The number of benzene rings is 2. The number of rotatable bonds is 4. The van der Waals surface area contributed by atoms with Crippen molar-refractivity contribution in [2.75, 3.05) is 0 Å². The monoisotopic (exact) mass is 252 g/mol. The molecule has 19 heavy (non-hydrogen) atoms. The number of nitrogens with zero attached hydrogens (tertiary/aromatic N) is 2. The molecule has 0 fully saturated rings. The van der Waals surface area contributed by atoms with E-state index in [0.29, 0.717) is 0 Å². The quantitative estimate of drug-likeness (QED) is 0.615. The van der Waals surface area contributed by atoms with Crippen LogP contribution >= 0.6 is 0 Å². The van der Waals surface area contributed by atoms with E-state index in [1.807, 2.05) is 42.5 Å². The smallest absolute Gasteiger partial charge is 0.0860 e. The van der Waals surface area contributed by atoms with Crippen LogP contribution in [-0.2, 0) is 5.41 Å². The molecule has 0 spiro atoms. The van der Waals surface area contributed by atoms with Gasteiger partial charge < -0.3 is 0 Å². The number of hydrogen-bond acceptors (Lipinski definition) is 2. The van der Waals surface area contributed by atoms with E-state index in [1.54, 1.807) is 0 Å². The molecule has 0 unspecified atom stereocenters. The highest BCUT2D eigenvalue weighted by Crippen LogP contribution is 2.29. The van der Waals surface area contributed by atoms with Crippen LogP contribution in [0.2, 0.25) is 0 Å². The maximum Gasteiger partial charge on any atom is 0.0860 e. The van der Waals surface area contributed by atoms with Crippen molar-refractivity contribution in [2.24, 2.45) is 10.2 Å². The zero-order chi connectivity index (χ0) is 13.7. The van der Waals surface area contributed by atoms with Gasteiger partial charge in [-0.2, -0.15) is 10.2 Å². The van der Waals surface area contributed by atoms with Gasteiger partial charge in [-0.25, -0.2) is 0 Å². The van der Waals surface area contributed by atoms with Gasteiger partial charge in [0.05, 0.1) is 11.4 Å². The number of azo groups is 1. The molecule has 0 atom stereocenters. The molecule has 0 aliphatic heterocycles. The van der Waals surface area contributed by atoms with Crippen molar-refractivity contribution >= 4 is 11.4 Å². The standard InChI is InChI=1S/C17H20N2/c1-4-17(2,3)14-9-8-12-16(13-14)19-18-15-10-6-5-7-11-15/h5-13H,4H2,1-3H3. The van der Waals surface area contributed by atoms with E-state index in [2.05, 4.69) is 43.1 Å². The maximum absolute atomic E-state index is 4.31. The summed E-state index contributed by atoms with van der Waals surface area (Å²) in [5, 5.41) is 8.56. The van der Waals surface area contributed by atoms with Gasteiger partial charge in [-0.15, -0.1) is 0 Å². The SMILES string of the molecule is CCC(C)(C)c1cccc(N=Nc2ccccc2)c1. The van der Waals surface area contributed by atoms with Crippen LogP contribution in [0.1, 0.15) is 32.8 Å². The summed E-state index contributed by atoms with van der Waals surface area (Å²) >= 11 is 0. The van der Waals surface area contributed by atoms with E-state index < -0.39 is 0 Å². The van der Waals surface area contributed by atoms with Gasteiger partial charge in [0, 0.05) is 0 Å². The normalized spacial score (nSPS) is 11.9. The number of hydrogen-bond donors (Lipinski definition) is 0. The molecular weight excluding hydrogens is 232 g/mol. The van der Waals surface area contributed by atoms with Gasteiger partial charge in [-0.1, -0.05) is 51.1 Å². The lowest BCUT2D eigenvalue weighted by molar-refractivity contribution is 0.506. The Bertz CT molecular complexity index is 556. The minimum Gasteiger partial charge on any atom is -0.151 e. The second kappa shape index (κ2) is 5.79. The average molecular weight is 252 g/mol. The highest BCUT2D eigenvalue weighted by molar-refractivity contribution is 5.43. The van der Waals surface area contributed by atoms with Crippen LogP contribution in [0.15, 0.2) is 64.8 Å². The molecule has 0 radical (unpaired) electrons. The Kier molecular flexibility index (Phi) is 4.10. The highest BCUT2D eigenvalue weighted by Gasteiger charge is 2.17. The van der Waals surface area contributed by atoms with Crippen molar-refractivity contribution < 1.29 is 0 Å². The molecule has 0 aliphatic rings. The van der Waals surface area contributed by atoms with E-state index >= 15 is 0 Å². The van der Waals surface area contributed by atoms with Crippen LogP contribution < -0.4 is 0 Å². The Labute approximate surface area is 115 Å². The molecule has 2 aromatic rings. The van der Waals surface area contributed by atoms with Crippen molar-refractivity contribution in [1.82, 2.24) is 0 Å². The van der Waals surface area contributed by atoms with Crippen LogP contribution in [0, 0.1) is 0 Å². The zero-order valence-corrected chi connectivity index (χ0v) is 11.8. The molecular formula is C17H20N2. The second-order valence-electron chi connectivity index (χ2n) is 5.32. The highest BCUT2D eigenvalue weighted by atomic mass is 15.1. The Morgan fingerprint density at radius 1 is 0.842 bits per heavy atom. The van der Waals surface area contributed by atoms with Gasteiger partial charge in [-0.3, -0.25) is 0 Å². The first-order valence-electron chi connectivity index (χ1n) is 6.69. The van der Waals surface area contributed by atoms with E-state index in [4.69, 9.17) is 0 Å². The summed E-state index contributed by atoms with van der Waals surface area (Å²) in [6.45, 7) is 6.71. The molecule has 0 bridgehead atoms. The third-order valence-corrected chi connectivity index (χ3v) is 3.55. The van der Waals surface area contributed by atoms with Gasteiger partial charge in [0.2, 0.25) is 0 Å². The molecule has 0 amide bonds. The minimum absolute atomic E-state index is 0.179. The Morgan fingerprint density at radius 3 is 2.16 bits per heavy atom. The summed E-state index contributed by atoms with van der Waals surface area (Å²) in [5.74, 6) is 0. The minimum atomic E-state index is 0.179. The predicted octanol–water partition coefficient (Wildman–Crippen LogP) is 5.79. The largest absolute Gasteiger partial charge is 0.151 e. The van der Waals surface area contributed by atoms with Crippen molar-refractivity contribution in [2.45, 2.75) is 32.6 Å². The molecule has 0 aliphatic carbocycles. The molecule has 2 heteroatoms. The summed E-state index contributed by atoms with van der Waals surface area (Å²) < 4.78 is 0. The summed E-state index contributed by atoms with van der Waals surface area (Å²) in [6, 6.07) is 18.1. The van der Waals surface area contributed by atoms with Gasteiger partial charge >= 0.3 is 0 Å². The third-order valence-electron chi connectivity index (χ3n) is 3.55. The first kappa shape index (κ1) is 13.5. The fourth-order valence-electron chi connectivity index (χ4n) is 1.80. The maximum atomic E-state index is 4.31. The molecule has 0 heterocycles. The Balaban J connectivity index is 2.23. The lowest BCUT2D eigenvalue weighted by Crippen LogP contribution is -2.14. The van der Waals surface area contributed by atoms with Crippen LogP contribution in [0.3, 0.4) is 0 Å². The predicted molar refractivity (Wildman–Crippen MR) is 80.4 cm³/mol. The Hall–Kier alpha value is -1.96. The molecule has 98 valence electrons. The average Bonchev–Trinajstić information content (AvgIpc) is 2.46. The fraction of sp³-hybridized carbons (Fsp3) is 0.294. The van der Waals surface area contributed by atoms with Gasteiger partial charge in [-0.05, 0) is 41.7 Å². The van der Waals surface area contributed by atoms with E-state index in [0.717, 1.165) is 17.8 Å². The van der Waals surface area contributed by atoms with Crippen molar-refractivity contribution in [3.8, 4) is 0 Å². The molecule has 0 N–H and O–H groups in total. The van der Waals surface area contributed by atoms with Crippen molar-refractivity contribution in [3.05, 3.63) is 60.2 Å². The van der Waals surface area contributed by atoms with Crippen LogP contribution in [0.25, 0.3) is 0 Å². The van der Waals surface area contributed by atoms with Crippen LogP contribution in [0.4, 0.5) is 11.4 Å². The molecule has 2 nitrogen and oxygen atoms in total. The lowest BCUT2D eigenvalue weighted by atomic mass is 9.82. The van der Waals surface area contributed by atoms with Gasteiger partial charge in [0.1, 0.15) is 0 Å². The lowest BCUT2D eigenvalue weighted by Gasteiger charge is -2.23. The second-order valence-corrected chi connectivity index (χ2v) is 5.32. The van der Waals surface area contributed by atoms with E-state index in [9.17, 15) is 0 Å². The van der Waals surface area contributed by atoms with Crippen molar-refractivity contribution in [3.63, 3.8) is 0 Å².